The van der Waals surface area contributed by atoms with Gasteiger partial charge >= 0.3 is 0 Å². The summed E-state index contributed by atoms with van der Waals surface area (Å²) in [6.07, 6.45) is 3.65. The first-order chi connectivity index (χ1) is 14.2. The first-order valence-corrected chi connectivity index (χ1v) is 10.7. The van der Waals surface area contributed by atoms with Crippen LogP contribution >= 0.6 is 0 Å². The van der Waals surface area contributed by atoms with Crippen molar-refractivity contribution in [1.29, 1.82) is 0 Å². The van der Waals surface area contributed by atoms with E-state index in [1.807, 2.05) is 12.1 Å². The van der Waals surface area contributed by atoms with Gasteiger partial charge in [0.15, 0.2) is 0 Å². The molecule has 2 fully saturated rings. The molecule has 2 aliphatic rings. The zero-order valence-corrected chi connectivity index (χ0v) is 16.9. The number of likely N-dealkylation sites (tertiary alicyclic amines) is 1. The topological polar surface area (TPSA) is 52.9 Å². The highest BCUT2D eigenvalue weighted by atomic mass is 16.6. The van der Waals surface area contributed by atoms with Gasteiger partial charge in [-0.25, -0.2) is 0 Å². The molecule has 2 aromatic rings. The zero-order valence-electron chi connectivity index (χ0n) is 16.9. The first-order valence-electron chi connectivity index (χ1n) is 10.7. The summed E-state index contributed by atoms with van der Waals surface area (Å²) in [4.78, 5) is 18.1. The molecule has 0 aromatic heterocycles. The summed E-state index contributed by atoms with van der Waals surface area (Å²) in [6.45, 7) is 7.68. The maximum Gasteiger partial charge on any atom is 0.269 e. The normalized spacial score (nSPS) is 19.4. The quantitative estimate of drug-likeness (QED) is 0.555. The van der Waals surface area contributed by atoms with Crippen molar-refractivity contribution in [1.82, 2.24) is 9.80 Å². The highest BCUT2D eigenvalue weighted by molar-refractivity contribution is 5.51. The van der Waals surface area contributed by atoms with Crippen LogP contribution in [0.4, 0.5) is 11.4 Å². The van der Waals surface area contributed by atoms with E-state index in [0.29, 0.717) is 6.04 Å². The van der Waals surface area contributed by atoms with Gasteiger partial charge in [0.05, 0.1) is 4.92 Å². The monoisotopic (exact) mass is 394 g/mol. The molecule has 6 nitrogen and oxygen atoms in total. The predicted molar refractivity (Wildman–Crippen MR) is 116 cm³/mol. The number of non-ortho nitro benzene ring substituents is 1. The molecule has 0 unspecified atom stereocenters. The molecule has 0 N–H and O–H groups in total. The third-order valence-electron chi connectivity index (χ3n) is 6.37. The van der Waals surface area contributed by atoms with Crippen LogP contribution in [0.25, 0.3) is 0 Å². The summed E-state index contributed by atoms with van der Waals surface area (Å²) >= 11 is 0. The highest BCUT2D eigenvalue weighted by Gasteiger charge is 2.27. The number of anilines is 1. The number of piperidine rings is 1. The molecule has 0 radical (unpaired) electrons. The van der Waals surface area contributed by atoms with Gasteiger partial charge in [0, 0.05) is 56.6 Å². The first kappa shape index (κ1) is 19.9. The Morgan fingerprint density at radius 1 is 0.862 bits per heavy atom. The molecule has 0 spiro atoms. The van der Waals surface area contributed by atoms with E-state index in [1.54, 1.807) is 12.1 Å². The molecule has 4 rings (SSSR count). The molecular formula is C23H30N4O2. The lowest BCUT2D eigenvalue weighted by Gasteiger charge is -2.43. The molecule has 2 aliphatic heterocycles. The second-order valence-electron chi connectivity index (χ2n) is 8.10. The Morgan fingerprint density at radius 3 is 2.14 bits per heavy atom. The van der Waals surface area contributed by atoms with Gasteiger partial charge in [0.2, 0.25) is 0 Å². The molecule has 0 aliphatic carbocycles. The Morgan fingerprint density at radius 2 is 1.52 bits per heavy atom. The second kappa shape index (κ2) is 9.37. The molecule has 0 amide bonds. The van der Waals surface area contributed by atoms with Crippen molar-refractivity contribution in [3.05, 3.63) is 70.3 Å². The standard InChI is InChI=1S/C23H30N4O2/c28-27(29)23-8-6-21(7-9-23)25-16-18-26(19-17-25)22-11-14-24(15-12-22)13-10-20-4-2-1-3-5-20/h1-9,22H,10-19H2. The SMILES string of the molecule is O=[N+]([O-])c1ccc(N2CCN(C3CCN(CCc4ccccc4)CC3)CC2)cc1. The lowest BCUT2D eigenvalue weighted by molar-refractivity contribution is -0.384. The highest BCUT2D eigenvalue weighted by Crippen LogP contribution is 2.23. The van der Waals surface area contributed by atoms with E-state index in [4.69, 9.17) is 0 Å². The number of hydrogen-bond acceptors (Lipinski definition) is 5. The van der Waals surface area contributed by atoms with Gasteiger partial charge in [-0.3, -0.25) is 15.0 Å². The molecule has 6 heteroatoms. The van der Waals surface area contributed by atoms with Gasteiger partial charge in [-0.05, 0) is 50.0 Å². The third kappa shape index (κ3) is 5.14. The van der Waals surface area contributed by atoms with Gasteiger partial charge in [-0.1, -0.05) is 30.3 Å². The van der Waals surface area contributed by atoms with Crippen molar-refractivity contribution in [2.45, 2.75) is 25.3 Å². The van der Waals surface area contributed by atoms with Crippen LogP contribution in [-0.4, -0.2) is 66.6 Å². The van der Waals surface area contributed by atoms with E-state index in [-0.39, 0.29) is 10.6 Å². The van der Waals surface area contributed by atoms with Crippen LogP contribution in [0.5, 0.6) is 0 Å². The van der Waals surface area contributed by atoms with Crippen molar-refractivity contribution in [2.75, 3.05) is 50.7 Å². The lowest BCUT2D eigenvalue weighted by Crippen LogP contribution is -2.53. The summed E-state index contributed by atoms with van der Waals surface area (Å²) in [5.41, 5.74) is 2.68. The molecular weight excluding hydrogens is 364 g/mol. The van der Waals surface area contributed by atoms with Crippen molar-refractivity contribution < 1.29 is 4.92 Å². The number of rotatable bonds is 6. The second-order valence-corrected chi connectivity index (χ2v) is 8.10. The van der Waals surface area contributed by atoms with E-state index in [0.717, 1.165) is 44.8 Å². The molecule has 2 saturated heterocycles. The minimum absolute atomic E-state index is 0.159. The predicted octanol–water partition coefficient (Wildman–Crippen LogP) is 3.42. The fourth-order valence-electron chi connectivity index (χ4n) is 4.57. The van der Waals surface area contributed by atoms with Crippen LogP contribution < -0.4 is 4.90 Å². The smallest absolute Gasteiger partial charge is 0.269 e. The Hall–Kier alpha value is -2.44. The van der Waals surface area contributed by atoms with Gasteiger partial charge in [0.1, 0.15) is 0 Å². The van der Waals surface area contributed by atoms with Crippen molar-refractivity contribution >= 4 is 11.4 Å². The summed E-state index contributed by atoms with van der Waals surface area (Å²) in [6, 6.07) is 18.4. The van der Waals surface area contributed by atoms with E-state index in [1.165, 1.54) is 31.5 Å². The molecule has 154 valence electrons. The van der Waals surface area contributed by atoms with Crippen molar-refractivity contribution in [3.8, 4) is 0 Å². The van der Waals surface area contributed by atoms with Crippen LogP contribution in [-0.2, 0) is 6.42 Å². The van der Waals surface area contributed by atoms with Crippen LogP contribution in [0.2, 0.25) is 0 Å². The summed E-state index contributed by atoms with van der Waals surface area (Å²) in [7, 11) is 0. The van der Waals surface area contributed by atoms with E-state index >= 15 is 0 Å². The largest absolute Gasteiger partial charge is 0.369 e. The molecule has 2 heterocycles. The van der Waals surface area contributed by atoms with Crippen molar-refractivity contribution in [2.24, 2.45) is 0 Å². The Bertz CT molecular complexity index is 780. The minimum atomic E-state index is -0.339. The maximum absolute atomic E-state index is 10.8. The number of piperazine rings is 1. The number of benzene rings is 2. The number of nitro benzene ring substituents is 1. The number of nitro groups is 1. The Labute approximate surface area is 172 Å². The molecule has 0 atom stereocenters. The zero-order chi connectivity index (χ0) is 20.1. The van der Waals surface area contributed by atoms with Crippen LogP contribution in [0, 0.1) is 10.1 Å². The Kier molecular flexibility index (Phi) is 6.42. The summed E-state index contributed by atoms with van der Waals surface area (Å²) in [5.74, 6) is 0. The summed E-state index contributed by atoms with van der Waals surface area (Å²) < 4.78 is 0. The third-order valence-corrected chi connectivity index (χ3v) is 6.37. The van der Waals surface area contributed by atoms with Crippen LogP contribution in [0.15, 0.2) is 54.6 Å². The number of nitrogens with zero attached hydrogens (tertiary/aromatic N) is 4. The van der Waals surface area contributed by atoms with Crippen LogP contribution in [0.3, 0.4) is 0 Å². The van der Waals surface area contributed by atoms with E-state index in [9.17, 15) is 10.1 Å². The van der Waals surface area contributed by atoms with Gasteiger partial charge in [-0.15, -0.1) is 0 Å². The van der Waals surface area contributed by atoms with E-state index in [2.05, 4.69) is 45.0 Å². The average Bonchev–Trinajstić information content (AvgIpc) is 2.79. The fourth-order valence-corrected chi connectivity index (χ4v) is 4.57. The molecule has 0 saturated carbocycles. The Balaban J connectivity index is 1.20. The van der Waals surface area contributed by atoms with Gasteiger partial charge < -0.3 is 9.80 Å². The summed E-state index contributed by atoms with van der Waals surface area (Å²) in [5, 5.41) is 10.8. The molecule has 0 bridgehead atoms. The van der Waals surface area contributed by atoms with Gasteiger partial charge in [-0.2, -0.15) is 0 Å². The van der Waals surface area contributed by atoms with Gasteiger partial charge in [0.25, 0.3) is 5.69 Å². The lowest BCUT2D eigenvalue weighted by atomic mass is 10.0. The maximum atomic E-state index is 10.8. The minimum Gasteiger partial charge on any atom is -0.369 e. The van der Waals surface area contributed by atoms with E-state index < -0.39 is 0 Å². The molecule has 2 aromatic carbocycles. The molecule has 29 heavy (non-hydrogen) atoms. The number of hydrogen-bond donors (Lipinski definition) is 0. The fraction of sp³-hybridized carbons (Fsp3) is 0.478. The average molecular weight is 395 g/mol. The van der Waals surface area contributed by atoms with Crippen LogP contribution in [0.1, 0.15) is 18.4 Å². The van der Waals surface area contributed by atoms with Crippen molar-refractivity contribution in [3.63, 3.8) is 0 Å².